The summed E-state index contributed by atoms with van der Waals surface area (Å²) in [5.74, 6) is 1.52. The van der Waals surface area contributed by atoms with Crippen molar-refractivity contribution in [1.29, 1.82) is 0 Å². The van der Waals surface area contributed by atoms with Gasteiger partial charge in [-0.15, -0.1) is 0 Å². The molecule has 1 N–H and O–H groups in total. The molecule has 1 rings (SSSR count). The van der Waals surface area contributed by atoms with E-state index in [4.69, 9.17) is 4.74 Å². The largest absolute Gasteiger partial charge is 0.380 e. The predicted molar refractivity (Wildman–Crippen MR) is 78.0 cm³/mol. The van der Waals surface area contributed by atoms with Crippen LogP contribution in [-0.2, 0) is 4.74 Å². The molecule has 1 fully saturated rings. The second-order valence-electron chi connectivity index (χ2n) is 6.04. The lowest BCUT2D eigenvalue weighted by Gasteiger charge is -2.36. The third kappa shape index (κ3) is 6.17. The molecule has 0 amide bonds. The van der Waals surface area contributed by atoms with Gasteiger partial charge in [-0.2, -0.15) is 0 Å². The maximum atomic E-state index is 5.71. The second kappa shape index (κ2) is 8.89. The molecule has 3 nitrogen and oxygen atoms in total. The van der Waals surface area contributed by atoms with Crippen LogP contribution in [0.1, 0.15) is 40.5 Å². The molecule has 108 valence electrons. The Hall–Kier alpha value is -0.120. The van der Waals surface area contributed by atoms with Crippen molar-refractivity contribution in [1.82, 2.24) is 10.2 Å². The van der Waals surface area contributed by atoms with E-state index in [0.717, 1.165) is 38.1 Å². The highest BCUT2D eigenvalue weighted by molar-refractivity contribution is 4.81. The van der Waals surface area contributed by atoms with Crippen LogP contribution in [0.3, 0.4) is 0 Å². The van der Waals surface area contributed by atoms with Gasteiger partial charge < -0.3 is 10.1 Å². The smallest absolute Gasteiger partial charge is 0.0593 e. The van der Waals surface area contributed by atoms with Crippen molar-refractivity contribution in [3.05, 3.63) is 0 Å². The first-order chi connectivity index (χ1) is 8.63. The van der Waals surface area contributed by atoms with Crippen molar-refractivity contribution in [2.45, 2.75) is 46.6 Å². The fourth-order valence-corrected chi connectivity index (χ4v) is 2.33. The van der Waals surface area contributed by atoms with Crippen LogP contribution < -0.4 is 5.32 Å². The molecule has 1 aliphatic heterocycles. The van der Waals surface area contributed by atoms with Crippen LogP contribution in [-0.4, -0.2) is 50.3 Å². The third-order valence-electron chi connectivity index (χ3n) is 4.01. The Labute approximate surface area is 113 Å². The average Bonchev–Trinajstić information content (AvgIpc) is 2.37. The van der Waals surface area contributed by atoms with Gasteiger partial charge in [0.2, 0.25) is 0 Å². The molecule has 2 unspecified atom stereocenters. The first-order valence-electron chi connectivity index (χ1n) is 7.67. The monoisotopic (exact) mass is 256 g/mol. The van der Waals surface area contributed by atoms with Gasteiger partial charge in [0.05, 0.1) is 6.61 Å². The minimum absolute atomic E-state index is 0.666. The van der Waals surface area contributed by atoms with Gasteiger partial charge in [-0.3, -0.25) is 4.90 Å². The van der Waals surface area contributed by atoms with E-state index < -0.39 is 0 Å². The lowest BCUT2D eigenvalue weighted by atomic mass is 9.97. The van der Waals surface area contributed by atoms with Crippen LogP contribution in [0.4, 0.5) is 0 Å². The van der Waals surface area contributed by atoms with E-state index in [0.29, 0.717) is 6.04 Å². The van der Waals surface area contributed by atoms with Crippen molar-refractivity contribution in [3.8, 4) is 0 Å². The van der Waals surface area contributed by atoms with Gasteiger partial charge in [0.25, 0.3) is 0 Å². The second-order valence-corrected chi connectivity index (χ2v) is 6.04. The number of nitrogens with zero attached hydrogens (tertiary/aromatic N) is 1. The minimum atomic E-state index is 0.666. The van der Waals surface area contributed by atoms with Crippen molar-refractivity contribution in [2.75, 3.05) is 39.4 Å². The summed E-state index contributed by atoms with van der Waals surface area (Å²) in [4.78, 5) is 2.54. The first kappa shape index (κ1) is 15.9. The van der Waals surface area contributed by atoms with Crippen LogP contribution in [0.25, 0.3) is 0 Å². The van der Waals surface area contributed by atoms with E-state index in [1.807, 2.05) is 0 Å². The maximum Gasteiger partial charge on any atom is 0.0593 e. The molecule has 0 aromatic carbocycles. The SMILES string of the molecule is CCC(C)C1CN(CCOCCC(C)C)CCN1. The lowest BCUT2D eigenvalue weighted by Crippen LogP contribution is -2.53. The lowest BCUT2D eigenvalue weighted by molar-refractivity contribution is 0.0802. The predicted octanol–water partition coefficient (Wildman–Crippen LogP) is 2.37. The van der Waals surface area contributed by atoms with E-state index in [1.165, 1.54) is 25.9 Å². The highest BCUT2D eigenvalue weighted by Gasteiger charge is 2.22. The summed E-state index contributed by atoms with van der Waals surface area (Å²) in [7, 11) is 0. The summed E-state index contributed by atoms with van der Waals surface area (Å²) >= 11 is 0. The Balaban J connectivity index is 2.10. The molecule has 0 aromatic heterocycles. The molecule has 1 heterocycles. The number of ether oxygens (including phenoxy) is 1. The first-order valence-corrected chi connectivity index (χ1v) is 7.67. The van der Waals surface area contributed by atoms with Gasteiger partial charge in [0.15, 0.2) is 0 Å². The highest BCUT2D eigenvalue weighted by Crippen LogP contribution is 2.12. The molecule has 0 radical (unpaired) electrons. The van der Waals surface area contributed by atoms with Crippen molar-refractivity contribution < 1.29 is 4.74 Å². The molecule has 0 spiro atoms. The number of hydrogen-bond donors (Lipinski definition) is 1. The van der Waals surface area contributed by atoms with Crippen molar-refractivity contribution >= 4 is 0 Å². The van der Waals surface area contributed by atoms with Crippen LogP contribution >= 0.6 is 0 Å². The van der Waals surface area contributed by atoms with Crippen molar-refractivity contribution in [2.24, 2.45) is 11.8 Å². The molecule has 1 aliphatic rings. The third-order valence-corrected chi connectivity index (χ3v) is 4.01. The molecule has 0 saturated carbocycles. The minimum Gasteiger partial charge on any atom is -0.380 e. The molecule has 0 aliphatic carbocycles. The number of hydrogen-bond acceptors (Lipinski definition) is 3. The molecule has 3 heteroatoms. The van der Waals surface area contributed by atoms with Gasteiger partial charge in [-0.05, 0) is 18.3 Å². The Bertz CT molecular complexity index is 209. The van der Waals surface area contributed by atoms with Gasteiger partial charge in [0, 0.05) is 38.8 Å². The van der Waals surface area contributed by atoms with Crippen LogP contribution in [0, 0.1) is 11.8 Å². The van der Waals surface area contributed by atoms with E-state index in [9.17, 15) is 0 Å². The molecule has 1 saturated heterocycles. The molecule has 18 heavy (non-hydrogen) atoms. The maximum absolute atomic E-state index is 5.71. The molecule has 2 atom stereocenters. The Morgan fingerprint density at radius 1 is 1.28 bits per heavy atom. The average molecular weight is 256 g/mol. The number of rotatable bonds is 8. The standard InChI is InChI=1S/C15H32N2O/c1-5-14(4)15-12-17(8-7-16-15)9-11-18-10-6-13(2)3/h13-16H,5-12H2,1-4H3. The topological polar surface area (TPSA) is 24.5 Å². The van der Waals surface area contributed by atoms with E-state index in [1.54, 1.807) is 0 Å². The quantitative estimate of drug-likeness (QED) is 0.675. The van der Waals surface area contributed by atoms with Gasteiger partial charge in [-0.1, -0.05) is 34.1 Å². The summed E-state index contributed by atoms with van der Waals surface area (Å²) in [6, 6.07) is 0.666. The summed E-state index contributed by atoms with van der Waals surface area (Å²) in [6.45, 7) is 15.5. The summed E-state index contributed by atoms with van der Waals surface area (Å²) in [5, 5.41) is 3.63. The zero-order chi connectivity index (χ0) is 13.4. The molecular weight excluding hydrogens is 224 g/mol. The van der Waals surface area contributed by atoms with Crippen LogP contribution in [0.5, 0.6) is 0 Å². The zero-order valence-electron chi connectivity index (χ0n) is 12.7. The Kier molecular flexibility index (Phi) is 7.87. The van der Waals surface area contributed by atoms with Crippen LogP contribution in [0.2, 0.25) is 0 Å². The zero-order valence-corrected chi connectivity index (χ0v) is 12.7. The van der Waals surface area contributed by atoms with E-state index in [2.05, 4.69) is 37.9 Å². The Morgan fingerprint density at radius 3 is 2.72 bits per heavy atom. The fraction of sp³-hybridized carbons (Fsp3) is 1.00. The molecule has 0 aromatic rings. The summed E-state index contributed by atoms with van der Waals surface area (Å²) in [6.07, 6.45) is 2.44. The van der Waals surface area contributed by atoms with E-state index in [-0.39, 0.29) is 0 Å². The van der Waals surface area contributed by atoms with Gasteiger partial charge >= 0.3 is 0 Å². The summed E-state index contributed by atoms with van der Waals surface area (Å²) in [5.41, 5.74) is 0. The fourth-order valence-electron chi connectivity index (χ4n) is 2.33. The summed E-state index contributed by atoms with van der Waals surface area (Å²) < 4.78 is 5.71. The number of nitrogens with one attached hydrogen (secondary N) is 1. The number of piperazine rings is 1. The van der Waals surface area contributed by atoms with Crippen LogP contribution in [0.15, 0.2) is 0 Å². The van der Waals surface area contributed by atoms with Gasteiger partial charge in [0.1, 0.15) is 0 Å². The van der Waals surface area contributed by atoms with Crippen molar-refractivity contribution in [3.63, 3.8) is 0 Å². The Morgan fingerprint density at radius 2 is 2.06 bits per heavy atom. The van der Waals surface area contributed by atoms with E-state index >= 15 is 0 Å². The normalized spacial score (nSPS) is 23.5. The van der Waals surface area contributed by atoms with Gasteiger partial charge in [-0.25, -0.2) is 0 Å². The molecule has 0 bridgehead atoms. The molecular formula is C15H32N2O. The highest BCUT2D eigenvalue weighted by atomic mass is 16.5.